The van der Waals surface area contributed by atoms with Gasteiger partial charge in [-0.2, -0.15) is 0 Å². The Kier molecular flexibility index (Phi) is 3.60. The molecule has 0 unspecified atom stereocenters. The molecule has 0 radical (unpaired) electrons. The second kappa shape index (κ2) is 4.61. The van der Waals surface area contributed by atoms with Crippen molar-refractivity contribution in [3.63, 3.8) is 0 Å². The molecule has 5 nitrogen and oxygen atoms in total. The molecule has 1 atom stereocenters. The molecule has 17 heavy (non-hydrogen) atoms. The van der Waals surface area contributed by atoms with Crippen LogP contribution in [0.15, 0.2) is 16.7 Å². The molecule has 0 aliphatic heterocycles. The number of hydrogen-bond acceptors (Lipinski definition) is 3. The van der Waals surface area contributed by atoms with E-state index in [1.165, 1.54) is 12.3 Å². The topological polar surface area (TPSA) is 79.5 Å². The molecule has 1 amide bonds. The minimum absolute atomic E-state index is 0.362. The lowest BCUT2D eigenvalue weighted by molar-refractivity contribution is -0.142. The average Bonchev–Trinajstić information content (AvgIpc) is 2.58. The maximum absolute atomic E-state index is 11.9. The summed E-state index contributed by atoms with van der Waals surface area (Å²) in [5.41, 5.74) is -0.195. The first-order valence-electron chi connectivity index (χ1n) is 5.31. The van der Waals surface area contributed by atoms with Crippen LogP contribution in [0.4, 0.5) is 0 Å². The van der Waals surface area contributed by atoms with E-state index in [-0.39, 0.29) is 0 Å². The molecule has 94 valence electrons. The first-order valence-corrected chi connectivity index (χ1v) is 5.31. The number of carboxylic acid groups (broad SMARTS) is 1. The van der Waals surface area contributed by atoms with E-state index in [2.05, 4.69) is 5.32 Å². The van der Waals surface area contributed by atoms with Gasteiger partial charge in [0, 0.05) is 0 Å². The molecule has 2 N–H and O–H groups in total. The normalized spacial score (nSPS) is 13.2. The molecule has 1 heterocycles. The van der Waals surface area contributed by atoms with Gasteiger partial charge >= 0.3 is 5.97 Å². The van der Waals surface area contributed by atoms with Crippen LogP contribution in [0.25, 0.3) is 0 Å². The highest BCUT2D eigenvalue weighted by Crippen LogP contribution is 2.20. The van der Waals surface area contributed by atoms with Crippen LogP contribution < -0.4 is 5.32 Å². The van der Waals surface area contributed by atoms with E-state index in [0.717, 1.165) is 0 Å². The third-order valence-electron chi connectivity index (χ3n) is 2.49. The molecule has 0 aliphatic rings. The van der Waals surface area contributed by atoms with E-state index >= 15 is 0 Å². The number of aliphatic carboxylic acids is 1. The van der Waals surface area contributed by atoms with Gasteiger partial charge in [-0.1, -0.05) is 20.8 Å². The average molecular weight is 239 g/mol. The number of carboxylic acids is 1. The summed E-state index contributed by atoms with van der Waals surface area (Å²) in [5.74, 6) is -1.01. The van der Waals surface area contributed by atoms with E-state index < -0.39 is 23.3 Å². The summed E-state index contributed by atoms with van der Waals surface area (Å²) in [6, 6.07) is 0.580. The molecule has 0 bridgehead atoms. The standard InChI is InChI=1S/C12H17NO4/c1-7-8(5-6-17-7)10(14)13-9(11(15)16)12(2,3)4/h5-6,9H,1-4H3,(H,13,14)(H,15,16)/t9-/m0/s1. The van der Waals surface area contributed by atoms with Crippen LogP contribution in [0.2, 0.25) is 0 Å². The number of aryl methyl sites for hydroxylation is 1. The van der Waals surface area contributed by atoms with Gasteiger partial charge in [0.2, 0.25) is 0 Å². The number of amides is 1. The van der Waals surface area contributed by atoms with Crippen LogP contribution >= 0.6 is 0 Å². The molecule has 0 fully saturated rings. The predicted octanol–water partition coefficient (Wildman–Crippen LogP) is 1.82. The molecule has 0 saturated heterocycles. The van der Waals surface area contributed by atoms with Crippen molar-refractivity contribution in [2.75, 3.05) is 0 Å². The second-order valence-electron chi connectivity index (χ2n) is 5.00. The fourth-order valence-electron chi connectivity index (χ4n) is 1.48. The van der Waals surface area contributed by atoms with Crippen molar-refractivity contribution in [3.8, 4) is 0 Å². The van der Waals surface area contributed by atoms with Gasteiger partial charge < -0.3 is 14.8 Å². The van der Waals surface area contributed by atoms with E-state index in [1.807, 2.05) is 0 Å². The lowest BCUT2D eigenvalue weighted by Crippen LogP contribution is -2.49. The Balaban J connectivity index is 2.86. The third-order valence-corrected chi connectivity index (χ3v) is 2.49. The molecule has 0 spiro atoms. The number of hydrogen-bond donors (Lipinski definition) is 2. The molecule has 0 aliphatic carbocycles. The second-order valence-corrected chi connectivity index (χ2v) is 5.00. The first-order chi connectivity index (χ1) is 7.73. The van der Waals surface area contributed by atoms with Crippen molar-refractivity contribution in [3.05, 3.63) is 23.7 Å². The van der Waals surface area contributed by atoms with Crippen molar-refractivity contribution in [1.29, 1.82) is 0 Å². The van der Waals surface area contributed by atoms with Crippen molar-refractivity contribution in [2.45, 2.75) is 33.7 Å². The van der Waals surface area contributed by atoms with Gasteiger partial charge in [0.25, 0.3) is 5.91 Å². The van der Waals surface area contributed by atoms with Crippen LogP contribution in [0.1, 0.15) is 36.9 Å². The Morgan fingerprint density at radius 3 is 2.35 bits per heavy atom. The van der Waals surface area contributed by atoms with Crippen LogP contribution in [-0.2, 0) is 4.79 Å². The first kappa shape index (κ1) is 13.3. The summed E-state index contributed by atoms with van der Waals surface area (Å²) < 4.78 is 5.01. The predicted molar refractivity (Wildman–Crippen MR) is 61.8 cm³/mol. The summed E-state index contributed by atoms with van der Waals surface area (Å²) >= 11 is 0. The zero-order valence-electron chi connectivity index (χ0n) is 10.4. The number of furan rings is 1. The Bertz CT molecular complexity index is 428. The van der Waals surface area contributed by atoms with Gasteiger partial charge in [0.15, 0.2) is 0 Å². The van der Waals surface area contributed by atoms with Crippen molar-refractivity contribution < 1.29 is 19.1 Å². The van der Waals surface area contributed by atoms with Crippen molar-refractivity contribution in [1.82, 2.24) is 5.32 Å². The summed E-state index contributed by atoms with van der Waals surface area (Å²) in [6.45, 7) is 6.93. The zero-order valence-corrected chi connectivity index (χ0v) is 10.4. The van der Waals surface area contributed by atoms with Gasteiger partial charge in [0.1, 0.15) is 11.8 Å². The lowest BCUT2D eigenvalue weighted by atomic mass is 9.86. The maximum Gasteiger partial charge on any atom is 0.326 e. The quantitative estimate of drug-likeness (QED) is 0.843. The van der Waals surface area contributed by atoms with Crippen molar-refractivity contribution in [2.24, 2.45) is 5.41 Å². The number of carbonyl (C=O) groups is 2. The number of rotatable bonds is 3. The van der Waals surface area contributed by atoms with Gasteiger partial charge in [-0.25, -0.2) is 4.79 Å². The summed E-state index contributed by atoms with van der Waals surface area (Å²) in [6.07, 6.45) is 1.40. The molecular formula is C12H17NO4. The fourth-order valence-corrected chi connectivity index (χ4v) is 1.48. The van der Waals surface area contributed by atoms with Crippen LogP contribution in [0.3, 0.4) is 0 Å². The Labute approximate surface area is 99.8 Å². The monoisotopic (exact) mass is 239 g/mol. The third kappa shape index (κ3) is 3.09. The number of nitrogens with one attached hydrogen (secondary N) is 1. The van der Waals surface area contributed by atoms with Gasteiger partial charge in [-0.05, 0) is 18.4 Å². The minimum atomic E-state index is -1.05. The molecule has 1 aromatic heterocycles. The molecule has 1 aromatic rings. The largest absolute Gasteiger partial charge is 0.480 e. The minimum Gasteiger partial charge on any atom is -0.480 e. The van der Waals surface area contributed by atoms with Crippen LogP contribution in [0.5, 0.6) is 0 Å². The Morgan fingerprint density at radius 1 is 1.41 bits per heavy atom. The van der Waals surface area contributed by atoms with Gasteiger partial charge in [-0.15, -0.1) is 0 Å². The van der Waals surface area contributed by atoms with Crippen LogP contribution in [0, 0.1) is 12.3 Å². The van der Waals surface area contributed by atoms with E-state index in [4.69, 9.17) is 9.52 Å². The Morgan fingerprint density at radius 2 is 2.00 bits per heavy atom. The molecular weight excluding hydrogens is 222 g/mol. The fraction of sp³-hybridized carbons (Fsp3) is 0.500. The van der Waals surface area contributed by atoms with Gasteiger partial charge in [-0.3, -0.25) is 4.79 Å². The van der Waals surface area contributed by atoms with E-state index in [1.54, 1.807) is 27.7 Å². The zero-order chi connectivity index (χ0) is 13.2. The molecule has 1 rings (SSSR count). The highest BCUT2D eigenvalue weighted by atomic mass is 16.4. The number of carbonyl (C=O) groups excluding carboxylic acids is 1. The van der Waals surface area contributed by atoms with E-state index in [9.17, 15) is 9.59 Å². The molecule has 0 aromatic carbocycles. The Hall–Kier alpha value is -1.78. The van der Waals surface area contributed by atoms with Gasteiger partial charge in [0.05, 0.1) is 11.8 Å². The highest BCUT2D eigenvalue weighted by Gasteiger charge is 2.33. The highest BCUT2D eigenvalue weighted by molar-refractivity contribution is 5.97. The molecule has 0 saturated carbocycles. The summed E-state index contributed by atoms with van der Waals surface area (Å²) in [4.78, 5) is 23.0. The smallest absolute Gasteiger partial charge is 0.326 e. The maximum atomic E-state index is 11.9. The van der Waals surface area contributed by atoms with Crippen molar-refractivity contribution >= 4 is 11.9 Å². The van der Waals surface area contributed by atoms with E-state index in [0.29, 0.717) is 11.3 Å². The summed E-state index contributed by atoms with van der Waals surface area (Å²) in [5, 5.41) is 11.6. The lowest BCUT2D eigenvalue weighted by Gasteiger charge is -2.27. The summed E-state index contributed by atoms with van der Waals surface area (Å²) in [7, 11) is 0. The molecule has 5 heteroatoms. The van der Waals surface area contributed by atoms with Crippen LogP contribution in [-0.4, -0.2) is 23.0 Å². The SMILES string of the molecule is Cc1occc1C(=O)N[C@@H](C(=O)O)C(C)(C)C.